The Balaban J connectivity index is 1.72. The number of carbonyl (C=O) groups is 1. The van der Waals surface area contributed by atoms with Crippen LogP contribution >= 0.6 is 11.8 Å². The Morgan fingerprint density at radius 1 is 1.36 bits per heavy atom. The molecule has 6 heteroatoms. The Morgan fingerprint density at radius 3 is 2.73 bits per heavy atom. The molecule has 1 aromatic rings. The fourth-order valence-electron chi connectivity index (χ4n) is 2.62. The number of carbonyl (C=O) groups excluding carboxylic acids is 1. The van der Waals surface area contributed by atoms with Crippen molar-refractivity contribution in [2.45, 2.75) is 37.1 Å². The number of amides is 1. The van der Waals surface area contributed by atoms with Crippen molar-refractivity contribution < 1.29 is 13.6 Å². The molecule has 1 aliphatic rings. The van der Waals surface area contributed by atoms with Crippen LogP contribution in [0.15, 0.2) is 23.1 Å². The molecule has 1 fully saturated rings. The molecule has 1 heterocycles. The quantitative estimate of drug-likeness (QED) is 0.815. The molecular formula is C16H22F2N2OS. The highest BCUT2D eigenvalue weighted by molar-refractivity contribution is 8.00. The standard InChI is InChI=1S/C16H22F2N2OS/c1-2-7-20-8-5-13(6-9-20)19-16(21)11-22-15-4-3-12(17)10-14(15)18/h3-4,10,13H,2,5-9,11H2,1H3,(H,19,21). The average molecular weight is 328 g/mol. The molecule has 1 aliphatic heterocycles. The van der Waals surface area contributed by atoms with Gasteiger partial charge in [-0.25, -0.2) is 8.78 Å². The molecule has 122 valence electrons. The van der Waals surface area contributed by atoms with Gasteiger partial charge in [0.05, 0.1) is 5.75 Å². The van der Waals surface area contributed by atoms with Gasteiger partial charge in [-0.15, -0.1) is 11.8 Å². The molecule has 0 saturated carbocycles. The molecular weight excluding hydrogens is 306 g/mol. The summed E-state index contributed by atoms with van der Waals surface area (Å²) in [6.45, 7) is 5.30. The van der Waals surface area contributed by atoms with Gasteiger partial charge in [0.1, 0.15) is 11.6 Å². The lowest BCUT2D eigenvalue weighted by atomic mass is 10.1. The smallest absolute Gasteiger partial charge is 0.230 e. The summed E-state index contributed by atoms with van der Waals surface area (Å²) in [4.78, 5) is 14.6. The van der Waals surface area contributed by atoms with E-state index in [1.54, 1.807) is 0 Å². The normalized spacial score (nSPS) is 16.7. The van der Waals surface area contributed by atoms with Gasteiger partial charge in [-0.3, -0.25) is 4.79 Å². The molecule has 1 N–H and O–H groups in total. The molecule has 1 aromatic carbocycles. The van der Waals surface area contributed by atoms with E-state index in [4.69, 9.17) is 0 Å². The molecule has 0 aliphatic carbocycles. The van der Waals surface area contributed by atoms with E-state index in [1.165, 1.54) is 12.1 Å². The van der Waals surface area contributed by atoms with Crippen LogP contribution in [0.5, 0.6) is 0 Å². The average Bonchev–Trinajstić information content (AvgIpc) is 2.49. The fourth-order valence-corrected chi connectivity index (χ4v) is 3.35. The van der Waals surface area contributed by atoms with Crippen molar-refractivity contribution in [3.05, 3.63) is 29.8 Å². The monoisotopic (exact) mass is 328 g/mol. The summed E-state index contributed by atoms with van der Waals surface area (Å²) >= 11 is 1.10. The third kappa shape index (κ3) is 5.25. The van der Waals surface area contributed by atoms with Gasteiger partial charge >= 0.3 is 0 Å². The van der Waals surface area contributed by atoms with E-state index in [0.29, 0.717) is 4.90 Å². The van der Waals surface area contributed by atoms with E-state index in [9.17, 15) is 13.6 Å². The van der Waals surface area contributed by atoms with Crippen molar-refractivity contribution in [1.82, 2.24) is 10.2 Å². The molecule has 0 aromatic heterocycles. The predicted molar refractivity (Wildman–Crippen MR) is 85.0 cm³/mol. The number of halogens is 2. The number of thioether (sulfide) groups is 1. The van der Waals surface area contributed by atoms with Crippen LogP contribution in [0, 0.1) is 11.6 Å². The summed E-state index contributed by atoms with van der Waals surface area (Å²) in [6, 6.07) is 3.61. The maximum absolute atomic E-state index is 13.5. The van der Waals surface area contributed by atoms with E-state index in [2.05, 4.69) is 17.1 Å². The van der Waals surface area contributed by atoms with Crippen molar-refractivity contribution in [3.8, 4) is 0 Å². The Bertz CT molecular complexity index is 505. The maximum Gasteiger partial charge on any atom is 0.230 e. The topological polar surface area (TPSA) is 32.3 Å². The first-order valence-corrected chi connectivity index (χ1v) is 8.66. The molecule has 0 atom stereocenters. The minimum absolute atomic E-state index is 0.0948. The van der Waals surface area contributed by atoms with Gasteiger partial charge in [-0.05, 0) is 37.9 Å². The summed E-state index contributed by atoms with van der Waals surface area (Å²) in [5.74, 6) is -1.17. The summed E-state index contributed by atoms with van der Waals surface area (Å²) < 4.78 is 26.3. The first kappa shape index (κ1) is 17.2. The van der Waals surface area contributed by atoms with Crippen LogP contribution in [0.3, 0.4) is 0 Å². The first-order chi connectivity index (χ1) is 10.6. The zero-order chi connectivity index (χ0) is 15.9. The number of rotatable bonds is 6. The number of piperidine rings is 1. The predicted octanol–water partition coefficient (Wildman–Crippen LogP) is 3.05. The van der Waals surface area contributed by atoms with E-state index in [1.807, 2.05) is 0 Å². The van der Waals surface area contributed by atoms with Gasteiger partial charge in [0, 0.05) is 30.1 Å². The Morgan fingerprint density at radius 2 is 2.09 bits per heavy atom. The molecule has 22 heavy (non-hydrogen) atoms. The summed E-state index contributed by atoms with van der Waals surface area (Å²) in [5.41, 5.74) is 0. The van der Waals surface area contributed by atoms with Crippen molar-refractivity contribution in [2.24, 2.45) is 0 Å². The van der Waals surface area contributed by atoms with E-state index in [-0.39, 0.29) is 17.7 Å². The van der Waals surface area contributed by atoms with Crippen LogP contribution in [0.4, 0.5) is 8.78 Å². The summed E-state index contributed by atoms with van der Waals surface area (Å²) in [6.07, 6.45) is 3.07. The highest BCUT2D eigenvalue weighted by Gasteiger charge is 2.20. The minimum atomic E-state index is -0.620. The molecule has 0 spiro atoms. The van der Waals surface area contributed by atoms with Crippen molar-refractivity contribution in [1.29, 1.82) is 0 Å². The van der Waals surface area contributed by atoms with Crippen LogP contribution in [0.25, 0.3) is 0 Å². The number of benzene rings is 1. The highest BCUT2D eigenvalue weighted by Crippen LogP contribution is 2.22. The van der Waals surface area contributed by atoms with E-state index >= 15 is 0 Å². The molecule has 1 saturated heterocycles. The molecule has 0 radical (unpaired) electrons. The molecule has 3 nitrogen and oxygen atoms in total. The number of hydrogen-bond donors (Lipinski definition) is 1. The second-order valence-corrected chi connectivity index (χ2v) is 6.56. The lowest BCUT2D eigenvalue weighted by Gasteiger charge is -2.32. The van der Waals surface area contributed by atoms with Crippen molar-refractivity contribution in [2.75, 3.05) is 25.4 Å². The fraction of sp³-hybridized carbons (Fsp3) is 0.562. The Labute approximate surface area is 134 Å². The SMILES string of the molecule is CCCN1CCC(NC(=O)CSc2ccc(F)cc2F)CC1. The molecule has 2 rings (SSSR count). The molecule has 1 amide bonds. The zero-order valence-corrected chi connectivity index (χ0v) is 13.6. The maximum atomic E-state index is 13.5. The van der Waals surface area contributed by atoms with Gasteiger partial charge < -0.3 is 10.2 Å². The van der Waals surface area contributed by atoms with Crippen molar-refractivity contribution >= 4 is 17.7 Å². The largest absolute Gasteiger partial charge is 0.353 e. The number of likely N-dealkylation sites (tertiary alicyclic amines) is 1. The van der Waals surface area contributed by atoms with Gasteiger partial charge in [0.2, 0.25) is 5.91 Å². The third-order valence-electron chi connectivity index (χ3n) is 3.75. The van der Waals surface area contributed by atoms with Gasteiger partial charge in [-0.2, -0.15) is 0 Å². The van der Waals surface area contributed by atoms with Gasteiger partial charge in [-0.1, -0.05) is 6.92 Å². The second-order valence-electron chi connectivity index (χ2n) is 5.55. The van der Waals surface area contributed by atoms with Crippen LogP contribution in [0.1, 0.15) is 26.2 Å². The minimum Gasteiger partial charge on any atom is -0.353 e. The van der Waals surface area contributed by atoms with Crippen LogP contribution in [-0.2, 0) is 4.79 Å². The molecule has 0 unspecified atom stereocenters. The van der Waals surface area contributed by atoms with Crippen LogP contribution in [0.2, 0.25) is 0 Å². The van der Waals surface area contributed by atoms with Crippen LogP contribution < -0.4 is 5.32 Å². The van der Waals surface area contributed by atoms with E-state index < -0.39 is 11.6 Å². The van der Waals surface area contributed by atoms with Crippen molar-refractivity contribution in [3.63, 3.8) is 0 Å². The number of nitrogens with one attached hydrogen (secondary N) is 1. The zero-order valence-electron chi connectivity index (χ0n) is 12.8. The van der Waals surface area contributed by atoms with Gasteiger partial charge in [0.25, 0.3) is 0 Å². The Kier molecular flexibility index (Phi) is 6.64. The molecule has 0 bridgehead atoms. The van der Waals surface area contributed by atoms with E-state index in [0.717, 1.165) is 56.7 Å². The second kappa shape index (κ2) is 8.48. The van der Waals surface area contributed by atoms with Gasteiger partial charge in [0.15, 0.2) is 0 Å². The summed E-state index contributed by atoms with van der Waals surface area (Å²) in [5, 5.41) is 3.00. The lowest BCUT2D eigenvalue weighted by Crippen LogP contribution is -2.45. The number of nitrogens with zero attached hydrogens (tertiary/aromatic N) is 1. The lowest BCUT2D eigenvalue weighted by molar-refractivity contribution is -0.119. The number of hydrogen-bond acceptors (Lipinski definition) is 3. The Hall–Kier alpha value is -1.14. The third-order valence-corrected chi connectivity index (χ3v) is 4.79. The van der Waals surface area contributed by atoms with Crippen LogP contribution in [-0.4, -0.2) is 42.2 Å². The first-order valence-electron chi connectivity index (χ1n) is 7.68. The highest BCUT2D eigenvalue weighted by atomic mass is 32.2. The summed E-state index contributed by atoms with van der Waals surface area (Å²) in [7, 11) is 0.